The molecule has 2 radical (unpaired) electrons. The van der Waals surface area contributed by atoms with E-state index in [2.05, 4.69) is 37.7 Å². The Balaban J connectivity index is 2.58. The van der Waals surface area contributed by atoms with Crippen molar-refractivity contribution in [3.63, 3.8) is 0 Å². The average molecular weight is 280 g/mol. The molecule has 0 aromatic rings. The van der Waals surface area contributed by atoms with Gasteiger partial charge in [0.1, 0.15) is 0 Å². The van der Waals surface area contributed by atoms with Crippen molar-refractivity contribution in [1.29, 1.82) is 0 Å². The molecule has 2 atom stereocenters. The first-order valence-electron chi connectivity index (χ1n) is 7.55. The fourth-order valence-electron chi connectivity index (χ4n) is 3.55. The lowest BCUT2D eigenvalue weighted by Gasteiger charge is -2.32. The van der Waals surface area contributed by atoms with Crippen molar-refractivity contribution in [2.45, 2.75) is 33.0 Å². The molecule has 0 saturated carbocycles. The number of aliphatic carboxylic acids is 1. The summed E-state index contributed by atoms with van der Waals surface area (Å²) < 4.78 is 0. The smallest absolute Gasteiger partial charge is 0.308 e. The van der Waals surface area contributed by atoms with Crippen molar-refractivity contribution in [3.05, 3.63) is 0 Å². The lowest BCUT2D eigenvalue weighted by Crippen LogP contribution is -2.39. The monoisotopic (exact) mass is 280 g/mol. The number of carbonyl (C=O) groups is 1. The Morgan fingerprint density at radius 2 is 2.05 bits per heavy atom. The normalized spacial score (nSPS) is 24.4. The van der Waals surface area contributed by atoms with Crippen LogP contribution in [-0.2, 0) is 4.79 Å². The summed E-state index contributed by atoms with van der Waals surface area (Å²) in [5, 5.41) is 9.38. The summed E-state index contributed by atoms with van der Waals surface area (Å²) >= 11 is 0. The van der Waals surface area contributed by atoms with Crippen LogP contribution in [0.15, 0.2) is 0 Å². The molecule has 1 rings (SSSR count). The molecule has 1 aliphatic heterocycles. The van der Waals surface area contributed by atoms with Gasteiger partial charge in [0.15, 0.2) is 0 Å². The molecule has 4 nitrogen and oxygen atoms in total. The predicted molar refractivity (Wildman–Crippen MR) is 83.2 cm³/mol. The van der Waals surface area contributed by atoms with Crippen LogP contribution in [-0.4, -0.2) is 69.0 Å². The van der Waals surface area contributed by atoms with Gasteiger partial charge in [-0.1, -0.05) is 26.6 Å². The molecule has 20 heavy (non-hydrogen) atoms. The van der Waals surface area contributed by atoms with Crippen LogP contribution in [0, 0.1) is 17.3 Å². The standard InChI is InChI=1S/C15H29BN2O2/c1-15(2,10-17(3)4)11-18-8-12(6-5-7-16)13(9-18)14(19)20/h12-13H,5-11H2,1-4H3,(H,19,20)/t12-,13+/m0/s1. The maximum atomic E-state index is 11.4. The van der Waals surface area contributed by atoms with Gasteiger partial charge in [-0.15, -0.1) is 0 Å². The first-order valence-corrected chi connectivity index (χ1v) is 7.55. The third kappa shape index (κ3) is 5.45. The molecule has 1 heterocycles. The number of rotatable bonds is 8. The number of hydrogen-bond donors (Lipinski definition) is 1. The van der Waals surface area contributed by atoms with E-state index in [1.165, 1.54) is 0 Å². The van der Waals surface area contributed by atoms with E-state index >= 15 is 0 Å². The summed E-state index contributed by atoms with van der Waals surface area (Å²) in [7, 11) is 9.71. The molecule has 1 saturated heterocycles. The molecule has 0 aliphatic carbocycles. The van der Waals surface area contributed by atoms with Crippen molar-refractivity contribution < 1.29 is 9.90 Å². The summed E-state index contributed by atoms with van der Waals surface area (Å²) in [6, 6.07) is 0. The Kier molecular flexibility index (Phi) is 6.53. The molecular weight excluding hydrogens is 251 g/mol. The molecule has 0 amide bonds. The third-order valence-electron chi connectivity index (χ3n) is 4.01. The minimum atomic E-state index is -0.653. The van der Waals surface area contributed by atoms with Crippen LogP contribution in [0.3, 0.4) is 0 Å². The van der Waals surface area contributed by atoms with Gasteiger partial charge in [-0.3, -0.25) is 4.79 Å². The van der Waals surface area contributed by atoms with Gasteiger partial charge >= 0.3 is 5.97 Å². The van der Waals surface area contributed by atoms with Gasteiger partial charge in [-0.25, -0.2) is 0 Å². The van der Waals surface area contributed by atoms with E-state index in [-0.39, 0.29) is 17.3 Å². The number of nitrogens with zero attached hydrogens (tertiary/aromatic N) is 2. The van der Waals surface area contributed by atoms with Gasteiger partial charge in [-0.2, -0.15) is 0 Å². The van der Waals surface area contributed by atoms with Crippen LogP contribution in [0.5, 0.6) is 0 Å². The number of likely N-dealkylation sites (tertiary alicyclic amines) is 1. The molecule has 0 bridgehead atoms. The van der Waals surface area contributed by atoms with Gasteiger partial charge in [0, 0.05) is 26.2 Å². The maximum Gasteiger partial charge on any atom is 0.308 e. The van der Waals surface area contributed by atoms with Crippen LogP contribution < -0.4 is 0 Å². The van der Waals surface area contributed by atoms with E-state index in [4.69, 9.17) is 7.85 Å². The molecule has 0 unspecified atom stereocenters. The summed E-state index contributed by atoms with van der Waals surface area (Å²) in [4.78, 5) is 15.9. The molecule has 1 aliphatic rings. The maximum absolute atomic E-state index is 11.4. The topological polar surface area (TPSA) is 43.8 Å². The van der Waals surface area contributed by atoms with Gasteiger partial charge in [-0.05, 0) is 31.8 Å². The molecule has 114 valence electrons. The Hall–Kier alpha value is -0.545. The van der Waals surface area contributed by atoms with Crippen molar-refractivity contribution in [3.8, 4) is 0 Å². The second-order valence-electron chi connectivity index (χ2n) is 7.23. The van der Waals surface area contributed by atoms with E-state index in [1.807, 2.05) is 0 Å². The fourth-order valence-corrected chi connectivity index (χ4v) is 3.55. The van der Waals surface area contributed by atoms with Crippen LogP contribution in [0.4, 0.5) is 0 Å². The van der Waals surface area contributed by atoms with Crippen molar-refractivity contribution in [2.75, 3.05) is 40.3 Å². The second-order valence-corrected chi connectivity index (χ2v) is 7.23. The summed E-state index contributed by atoms with van der Waals surface area (Å²) in [6.07, 6.45) is 2.50. The highest BCUT2D eigenvalue weighted by Crippen LogP contribution is 2.30. The van der Waals surface area contributed by atoms with Gasteiger partial charge in [0.05, 0.1) is 13.8 Å². The van der Waals surface area contributed by atoms with E-state index < -0.39 is 5.97 Å². The average Bonchev–Trinajstić information content (AvgIpc) is 2.66. The molecular formula is C15H29BN2O2. The van der Waals surface area contributed by atoms with E-state index in [9.17, 15) is 9.90 Å². The van der Waals surface area contributed by atoms with Crippen LogP contribution >= 0.6 is 0 Å². The third-order valence-corrected chi connectivity index (χ3v) is 4.01. The zero-order chi connectivity index (χ0) is 15.3. The zero-order valence-corrected chi connectivity index (χ0v) is 13.4. The zero-order valence-electron chi connectivity index (χ0n) is 13.4. The molecule has 0 spiro atoms. The van der Waals surface area contributed by atoms with Crippen LogP contribution in [0.25, 0.3) is 0 Å². The molecule has 5 heteroatoms. The second kappa shape index (κ2) is 7.46. The van der Waals surface area contributed by atoms with Gasteiger partial charge in [0.25, 0.3) is 0 Å². The van der Waals surface area contributed by atoms with Crippen LogP contribution in [0.2, 0.25) is 6.32 Å². The van der Waals surface area contributed by atoms with Gasteiger partial charge < -0.3 is 14.9 Å². The van der Waals surface area contributed by atoms with Crippen molar-refractivity contribution in [1.82, 2.24) is 9.80 Å². The minimum Gasteiger partial charge on any atom is -0.481 e. The van der Waals surface area contributed by atoms with Crippen molar-refractivity contribution in [2.24, 2.45) is 17.3 Å². The minimum absolute atomic E-state index is 0.176. The fraction of sp³-hybridized carbons (Fsp3) is 0.933. The summed E-state index contributed by atoms with van der Waals surface area (Å²) in [5.74, 6) is -0.622. The molecule has 0 aromatic carbocycles. The number of carboxylic acids is 1. The van der Waals surface area contributed by atoms with Crippen LogP contribution in [0.1, 0.15) is 26.7 Å². The quantitative estimate of drug-likeness (QED) is 0.685. The lowest BCUT2D eigenvalue weighted by atomic mass is 9.88. The highest BCUT2D eigenvalue weighted by Gasteiger charge is 2.38. The highest BCUT2D eigenvalue weighted by atomic mass is 16.4. The Bertz CT molecular complexity index is 321. The molecule has 1 fully saturated rings. The first-order chi connectivity index (χ1) is 9.25. The van der Waals surface area contributed by atoms with Gasteiger partial charge in [0.2, 0.25) is 0 Å². The van der Waals surface area contributed by atoms with E-state index in [0.29, 0.717) is 12.9 Å². The lowest BCUT2D eigenvalue weighted by molar-refractivity contribution is -0.142. The van der Waals surface area contributed by atoms with E-state index in [1.54, 1.807) is 0 Å². The molecule has 0 aromatic heterocycles. The first kappa shape index (κ1) is 17.5. The summed E-state index contributed by atoms with van der Waals surface area (Å²) in [6.45, 7) is 8.03. The number of hydrogen-bond acceptors (Lipinski definition) is 3. The Labute approximate surface area is 124 Å². The largest absolute Gasteiger partial charge is 0.481 e. The Morgan fingerprint density at radius 3 is 2.55 bits per heavy atom. The predicted octanol–water partition coefficient (Wildman–Crippen LogP) is 1.57. The summed E-state index contributed by atoms with van der Waals surface area (Å²) in [5.41, 5.74) is 0.176. The number of carboxylic acid groups (broad SMARTS) is 1. The molecule has 1 N–H and O–H groups in total. The highest BCUT2D eigenvalue weighted by molar-refractivity contribution is 6.08. The Morgan fingerprint density at radius 1 is 1.40 bits per heavy atom. The van der Waals surface area contributed by atoms with Crippen molar-refractivity contribution >= 4 is 13.8 Å². The van der Waals surface area contributed by atoms with E-state index in [0.717, 1.165) is 32.5 Å². The SMILES string of the molecule is [B]CCC[C@H]1CN(CC(C)(C)CN(C)C)C[C@H]1C(=O)O.